The van der Waals surface area contributed by atoms with Crippen LogP contribution in [0.4, 0.5) is 5.95 Å². The van der Waals surface area contributed by atoms with Crippen LogP contribution in [0.15, 0.2) is 77.9 Å². The summed E-state index contributed by atoms with van der Waals surface area (Å²) in [6.07, 6.45) is 1.59. The molecular formula is C25H17Cl2N5O. The van der Waals surface area contributed by atoms with E-state index in [1.165, 1.54) is 0 Å². The molecule has 1 N–H and O–H groups in total. The molecule has 0 unspecified atom stereocenters. The third kappa shape index (κ3) is 4.44. The zero-order valence-corrected chi connectivity index (χ0v) is 19.0. The lowest BCUT2D eigenvalue weighted by Gasteiger charge is -2.09. The van der Waals surface area contributed by atoms with Crippen molar-refractivity contribution in [3.63, 3.8) is 0 Å². The minimum Gasteiger partial charge on any atom is -0.497 e. The first-order chi connectivity index (χ1) is 16.1. The van der Waals surface area contributed by atoms with Gasteiger partial charge < -0.3 is 4.74 Å². The Kier molecular flexibility index (Phi) is 5.77. The number of aromatic nitrogens is 3. The van der Waals surface area contributed by atoms with Crippen molar-refractivity contribution < 1.29 is 4.74 Å². The maximum Gasteiger partial charge on any atom is 0.244 e. The van der Waals surface area contributed by atoms with Crippen molar-refractivity contribution >= 4 is 57.2 Å². The lowest BCUT2D eigenvalue weighted by atomic mass is 10.1. The summed E-state index contributed by atoms with van der Waals surface area (Å²) in [6, 6.07) is 22.9. The first kappa shape index (κ1) is 21.1. The van der Waals surface area contributed by atoms with Gasteiger partial charge in [-0.15, -0.1) is 0 Å². The van der Waals surface area contributed by atoms with Crippen molar-refractivity contribution in [2.24, 2.45) is 5.10 Å². The van der Waals surface area contributed by atoms with E-state index in [-0.39, 0.29) is 0 Å². The van der Waals surface area contributed by atoms with Crippen LogP contribution >= 0.6 is 23.2 Å². The molecule has 0 aliphatic heterocycles. The second-order valence-electron chi connectivity index (χ2n) is 7.22. The molecule has 162 valence electrons. The molecule has 0 bridgehead atoms. The summed E-state index contributed by atoms with van der Waals surface area (Å²) in [7, 11) is 1.61. The average molecular weight is 474 g/mol. The standard InChI is InChI=1S/C25H17Cl2N5O/c1-33-19-9-7-16-11-17(24(27)29-22(16)13-19)14-28-32-25-30-21-10-8-18(26)12-20(21)23(31-25)15-5-3-2-4-6-15/h2-14H,1H3,(H,30,31,32)/b28-14+. The molecule has 0 spiro atoms. The Hall–Kier alpha value is -3.74. The number of anilines is 1. The lowest BCUT2D eigenvalue weighted by molar-refractivity contribution is 0.415. The number of nitrogens with zero attached hydrogens (tertiary/aromatic N) is 4. The van der Waals surface area contributed by atoms with Crippen molar-refractivity contribution in [3.05, 3.63) is 88.5 Å². The Bertz CT molecular complexity index is 1510. The van der Waals surface area contributed by atoms with Crippen molar-refractivity contribution in [3.8, 4) is 17.0 Å². The van der Waals surface area contributed by atoms with Crippen molar-refractivity contribution in [1.82, 2.24) is 15.0 Å². The highest BCUT2D eigenvalue weighted by Gasteiger charge is 2.10. The predicted octanol–water partition coefficient (Wildman–Crippen LogP) is 6.61. The molecule has 0 aliphatic carbocycles. The fraction of sp³-hybridized carbons (Fsp3) is 0.0400. The van der Waals surface area contributed by atoms with Gasteiger partial charge in [-0.1, -0.05) is 53.5 Å². The van der Waals surface area contributed by atoms with Gasteiger partial charge >= 0.3 is 0 Å². The molecule has 0 amide bonds. The second kappa shape index (κ2) is 9.02. The summed E-state index contributed by atoms with van der Waals surface area (Å²) in [6.45, 7) is 0. The van der Waals surface area contributed by atoms with E-state index >= 15 is 0 Å². The van der Waals surface area contributed by atoms with Gasteiger partial charge in [-0.25, -0.2) is 20.4 Å². The van der Waals surface area contributed by atoms with Crippen LogP contribution in [-0.2, 0) is 0 Å². The minimum atomic E-state index is 0.334. The third-order valence-corrected chi connectivity index (χ3v) is 5.62. The van der Waals surface area contributed by atoms with E-state index in [4.69, 9.17) is 27.9 Å². The molecule has 6 nitrogen and oxygen atoms in total. The molecule has 5 rings (SSSR count). The van der Waals surface area contributed by atoms with Crippen LogP contribution in [-0.4, -0.2) is 28.3 Å². The molecule has 0 aliphatic rings. The first-order valence-electron chi connectivity index (χ1n) is 10.1. The Morgan fingerprint density at radius 2 is 1.73 bits per heavy atom. The van der Waals surface area contributed by atoms with Gasteiger partial charge in [0.05, 0.1) is 30.1 Å². The van der Waals surface area contributed by atoms with Gasteiger partial charge in [0.15, 0.2) is 0 Å². The highest BCUT2D eigenvalue weighted by molar-refractivity contribution is 6.32. The Labute approximate surface area is 199 Å². The number of nitrogens with one attached hydrogen (secondary N) is 1. The summed E-state index contributed by atoms with van der Waals surface area (Å²) < 4.78 is 5.24. The molecule has 2 aromatic heterocycles. The lowest BCUT2D eigenvalue weighted by Crippen LogP contribution is -2.00. The van der Waals surface area contributed by atoms with Gasteiger partial charge in [0, 0.05) is 33.0 Å². The maximum absolute atomic E-state index is 6.36. The average Bonchev–Trinajstić information content (AvgIpc) is 2.84. The number of hydrogen-bond donors (Lipinski definition) is 1. The SMILES string of the molecule is COc1ccc2cc(/C=N/Nc3nc(-c4ccccc4)c4cc(Cl)ccc4n3)c(Cl)nc2c1. The van der Waals surface area contributed by atoms with Crippen LogP contribution in [0.5, 0.6) is 5.75 Å². The van der Waals surface area contributed by atoms with E-state index in [9.17, 15) is 0 Å². The van der Waals surface area contributed by atoms with Gasteiger partial charge in [-0.3, -0.25) is 0 Å². The van der Waals surface area contributed by atoms with Gasteiger partial charge in [0.25, 0.3) is 0 Å². The number of ether oxygens (including phenoxy) is 1. The molecule has 0 saturated heterocycles. The Morgan fingerprint density at radius 3 is 2.55 bits per heavy atom. The third-order valence-electron chi connectivity index (χ3n) is 5.08. The molecule has 0 fully saturated rings. The van der Waals surface area contributed by atoms with E-state index < -0.39 is 0 Å². The van der Waals surface area contributed by atoms with Crippen LogP contribution < -0.4 is 10.2 Å². The molecular weight excluding hydrogens is 457 g/mol. The fourth-order valence-electron chi connectivity index (χ4n) is 3.48. The maximum atomic E-state index is 6.36. The van der Waals surface area contributed by atoms with Crippen molar-refractivity contribution in [2.75, 3.05) is 12.5 Å². The summed E-state index contributed by atoms with van der Waals surface area (Å²) in [5.74, 6) is 1.08. The number of rotatable bonds is 5. The largest absolute Gasteiger partial charge is 0.497 e. The Balaban J connectivity index is 1.48. The van der Waals surface area contributed by atoms with E-state index in [1.807, 2.05) is 66.7 Å². The molecule has 5 aromatic rings. The highest BCUT2D eigenvalue weighted by atomic mass is 35.5. The van der Waals surface area contributed by atoms with Gasteiger partial charge in [0.1, 0.15) is 10.9 Å². The van der Waals surface area contributed by atoms with Crippen LogP contribution in [0.25, 0.3) is 33.1 Å². The summed E-state index contributed by atoms with van der Waals surface area (Å²) in [4.78, 5) is 13.7. The fourth-order valence-corrected chi connectivity index (χ4v) is 3.85. The highest BCUT2D eigenvalue weighted by Crippen LogP contribution is 2.29. The number of methoxy groups -OCH3 is 1. The predicted molar refractivity (Wildman–Crippen MR) is 135 cm³/mol. The number of hydrogen-bond acceptors (Lipinski definition) is 6. The minimum absolute atomic E-state index is 0.334. The van der Waals surface area contributed by atoms with Crippen LogP contribution in [0, 0.1) is 0 Å². The van der Waals surface area contributed by atoms with Crippen LogP contribution in [0.2, 0.25) is 10.2 Å². The van der Waals surface area contributed by atoms with Crippen molar-refractivity contribution in [1.29, 1.82) is 0 Å². The van der Waals surface area contributed by atoms with Gasteiger partial charge in [0.2, 0.25) is 5.95 Å². The molecule has 3 aromatic carbocycles. The number of pyridine rings is 1. The zero-order valence-electron chi connectivity index (χ0n) is 17.5. The number of fused-ring (bicyclic) bond motifs is 2. The van der Waals surface area contributed by atoms with Crippen LogP contribution in [0.3, 0.4) is 0 Å². The summed E-state index contributed by atoms with van der Waals surface area (Å²) in [5.41, 5.74) is 6.79. The van der Waals surface area contributed by atoms with E-state index in [0.717, 1.165) is 38.8 Å². The Morgan fingerprint density at radius 1 is 0.879 bits per heavy atom. The summed E-state index contributed by atoms with van der Waals surface area (Å²) in [5, 5.41) is 7.04. The quantitative estimate of drug-likeness (QED) is 0.176. The second-order valence-corrected chi connectivity index (χ2v) is 8.01. The normalized spacial score (nSPS) is 11.4. The van der Waals surface area contributed by atoms with Crippen molar-refractivity contribution in [2.45, 2.75) is 0 Å². The zero-order chi connectivity index (χ0) is 22.8. The number of benzene rings is 3. The molecule has 0 saturated carbocycles. The first-order valence-corrected chi connectivity index (χ1v) is 10.8. The van der Waals surface area contributed by atoms with E-state index in [0.29, 0.717) is 21.7 Å². The molecule has 0 radical (unpaired) electrons. The summed E-state index contributed by atoms with van der Waals surface area (Å²) >= 11 is 12.6. The smallest absolute Gasteiger partial charge is 0.244 e. The van der Waals surface area contributed by atoms with Gasteiger partial charge in [-0.2, -0.15) is 5.10 Å². The molecule has 2 heterocycles. The van der Waals surface area contributed by atoms with E-state index in [1.54, 1.807) is 19.4 Å². The number of hydrazone groups is 1. The monoisotopic (exact) mass is 473 g/mol. The molecule has 8 heteroatoms. The number of halogens is 2. The topological polar surface area (TPSA) is 72.3 Å². The van der Waals surface area contributed by atoms with E-state index in [2.05, 4.69) is 25.5 Å². The molecule has 33 heavy (non-hydrogen) atoms. The van der Waals surface area contributed by atoms with Gasteiger partial charge in [-0.05, 0) is 36.4 Å². The molecule has 0 atom stereocenters. The van der Waals surface area contributed by atoms with Crippen LogP contribution in [0.1, 0.15) is 5.56 Å².